The van der Waals surface area contributed by atoms with Crippen LogP contribution in [0.5, 0.6) is 5.75 Å². The average molecular weight is 525 g/mol. The summed E-state index contributed by atoms with van der Waals surface area (Å²) in [5.41, 5.74) is -0.586. The highest BCUT2D eigenvalue weighted by atomic mass is 19.1. The van der Waals surface area contributed by atoms with Crippen LogP contribution in [0.1, 0.15) is 33.6 Å². The highest BCUT2D eigenvalue weighted by molar-refractivity contribution is 5.99. The SMILES string of the molecule is COc1ccc(C(=O)N2C(C(=O)N3CCN(C)CC3)COC23CCN(C(=O)c2ccccc2F)CC3)cc1. The van der Waals surface area contributed by atoms with Gasteiger partial charge in [0.1, 0.15) is 23.3 Å². The number of carbonyl (C=O) groups is 3. The molecule has 1 unspecified atom stereocenters. The van der Waals surface area contributed by atoms with E-state index in [-0.39, 0.29) is 37.1 Å². The number of piperidine rings is 1. The molecule has 3 amide bonds. The molecule has 9 nitrogen and oxygen atoms in total. The number of halogens is 1. The second kappa shape index (κ2) is 10.7. The summed E-state index contributed by atoms with van der Waals surface area (Å²) in [7, 11) is 3.58. The summed E-state index contributed by atoms with van der Waals surface area (Å²) in [6.45, 7) is 3.36. The molecule has 202 valence electrons. The lowest BCUT2D eigenvalue weighted by atomic mass is 9.95. The molecule has 10 heteroatoms. The first kappa shape index (κ1) is 26.1. The molecule has 3 fully saturated rings. The van der Waals surface area contributed by atoms with E-state index in [1.54, 1.807) is 58.2 Å². The van der Waals surface area contributed by atoms with Crippen molar-refractivity contribution in [2.75, 3.05) is 60.0 Å². The van der Waals surface area contributed by atoms with Gasteiger partial charge in [0.25, 0.3) is 11.8 Å². The highest BCUT2D eigenvalue weighted by Gasteiger charge is 2.55. The smallest absolute Gasteiger partial charge is 0.256 e. The number of likely N-dealkylation sites (N-methyl/N-ethyl adjacent to an activating group) is 1. The van der Waals surface area contributed by atoms with Crippen molar-refractivity contribution in [1.29, 1.82) is 0 Å². The average Bonchev–Trinajstić information content (AvgIpc) is 3.31. The van der Waals surface area contributed by atoms with E-state index in [1.807, 2.05) is 7.05 Å². The van der Waals surface area contributed by atoms with Crippen LogP contribution >= 0.6 is 0 Å². The van der Waals surface area contributed by atoms with Crippen molar-refractivity contribution in [3.63, 3.8) is 0 Å². The Morgan fingerprint density at radius 2 is 1.55 bits per heavy atom. The second-order valence-electron chi connectivity index (χ2n) is 10.1. The van der Waals surface area contributed by atoms with Crippen molar-refractivity contribution in [2.24, 2.45) is 0 Å². The molecular weight excluding hydrogens is 491 g/mol. The fourth-order valence-electron chi connectivity index (χ4n) is 5.53. The number of benzene rings is 2. The van der Waals surface area contributed by atoms with Gasteiger partial charge in [-0.1, -0.05) is 12.1 Å². The zero-order valence-corrected chi connectivity index (χ0v) is 21.8. The number of piperazine rings is 1. The molecule has 0 aliphatic carbocycles. The van der Waals surface area contributed by atoms with Crippen LogP contribution in [0.25, 0.3) is 0 Å². The van der Waals surface area contributed by atoms with Crippen LogP contribution in [0.2, 0.25) is 0 Å². The van der Waals surface area contributed by atoms with Crippen molar-refractivity contribution >= 4 is 17.7 Å². The van der Waals surface area contributed by atoms with Crippen molar-refractivity contribution in [3.05, 3.63) is 65.5 Å². The van der Waals surface area contributed by atoms with Crippen molar-refractivity contribution in [1.82, 2.24) is 19.6 Å². The number of carbonyl (C=O) groups excluding carboxylic acids is 3. The number of rotatable bonds is 4. The van der Waals surface area contributed by atoms with Gasteiger partial charge in [0.15, 0.2) is 0 Å². The van der Waals surface area contributed by atoms with E-state index in [1.165, 1.54) is 12.1 Å². The van der Waals surface area contributed by atoms with Crippen LogP contribution in [0.4, 0.5) is 4.39 Å². The molecule has 0 bridgehead atoms. The van der Waals surface area contributed by atoms with Gasteiger partial charge in [0.05, 0.1) is 19.3 Å². The number of hydrogen-bond acceptors (Lipinski definition) is 6. The van der Waals surface area contributed by atoms with Gasteiger partial charge in [0, 0.05) is 57.7 Å². The van der Waals surface area contributed by atoms with Crippen LogP contribution in [0.15, 0.2) is 48.5 Å². The quantitative estimate of drug-likeness (QED) is 0.609. The molecule has 1 atom stereocenters. The summed E-state index contributed by atoms with van der Waals surface area (Å²) >= 11 is 0. The number of methoxy groups -OCH3 is 1. The van der Waals surface area contributed by atoms with Gasteiger partial charge in [-0.25, -0.2) is 4.39 Å². The minimum atomic E-state index is -1.03. The third kappa shape index (κ3) is 4.86. The Kier molecular flexibility index (Phi) is 7.36. The first-order chi connectivity index (χ1) is 18.3. The molecule has 2 aromatic carbocycles. The standard InChI is InChI=1S/C28H33FN4O5/c1-30-15-17-32(18-16-30)27(36)24-19-38-28(33(24)25(34)20-7-9-21(37-2)10-8-20)11-13-31(14-12-28)26(35)22-5-3-4-6-23(22)29/h3-10,24H,11-19H2,1-2H3. The van der Waals surface area contributed by atoms with Gasteiger partial charge >= 0.3 is 0 Å². The maximum atomic E-state index is 14.3. The topological polar surface area (TPSA) is 82.6 Å². The zero-order valence-electron chi connectivity index (χ0n) is 21.8. The van der Waals surface area contributed by atoms with Crippen LogP contribution < -0.4 is 4.74 Å². The fraction of sp³-hybridized carbons (Fsp3) is 0.464. The number of ether oxygens (including phenoxy) is 2. The van der Waals surface area contributed by atoms with Gasteiger partial charge in [0.2, 0.25) is 5.91 Å². The third-order valence-electron chi connectivity index (χ3n) is 7.85. The van der Waals surface area contributed by atoms with Gasteiger partial charge in [-0.3, -0.25) is 19.3 Å². The molecule has 0 aromatic heterocycles. The minimum Gasteiger partial charge on any atom is -0.497 e. The number of likely N-dealkylation sites (tertiary alicyclic amines) is 1. The van der Waals surface area contributed by atoms with E-state index in [9.17, 15) is 18.8 Å². The van der Waals surface area contributed by atoms with Crippen molar-refractivity contribution < 1.29 is 28.2 Å². The monoisotopic (exact) mass is 524 g/mol. The number of amides is 3. The maximum Gasteiger partial charge on any atom is 0.256 e. The molecule has 2 aromatic rings. The Hall–Kier alpha value is -3.50. The predicted octanol–water partition coefficient (Wildman–Crippen LogP) is 2.08. The van der Waals surface area contributed by atoms with Crippen LogP contribution in [0.3, 0.4) is 0 Å². The summed E-state index contributed by atoms with van der Waals surface area (Å²) in [5.74, 6) is -0.759. The molecular formula is C28H33FN4O5. The van der Waals surface area contributed by atoms with E-state index in [0.717, 1.165) is 13.1 Å². The lowest BCUT2D eigenvalue weighted by Crippen LogP contribution is -2.61. The molecule has 38 heavy (non-hydrogen) atoms. The summed E-state index contributed by atoms with van der Waals surface area (Å²) < 4.78 is 25.8. The Bertz CT molecular complexity index is 1190. The molecule has 3 heterocycles. The summed E-state index contributed by atoms with van der Waals surface area (Å²) in [4.78, 5) is 47.8. The maximum absolute atomic E-state index is 14.3. The van der Waals surface area contributed by atoms with E-state index >= 15 is 0 Å². The van der Waals surface area contributed by atoms with Crippen LogP contribution in [-0.4, -0.2) is 109 Å². The van der Waals surface area contributed by atoms with Crippen LogP contribution in [-0.2, 0) is 9.53 Å². The summed E-state index contributed by atoms with van der Waals surface area (Å²) in [6.07, 6.45) is 0.642. The van der Waals surface area contributed by atoms with E-state index in [2.05, 4.69) is 4.90 Å². The molecule has 3 aliphatic heterocycles. The lowest BCUT2D eigenvalue weighted by Gasteiger charge is -2.45. The van der Waals surface area contributed by atoms with Crippen molar-refractivity contribution in [3.8, 4) is 5.75 Å². The Morgan fingerprint density at radius 1 is 0.895 bits per heavy atom. The Labute approximate surface area is 221 Å². The molecule has 3 aliphatic rings. The Balaban J connectivity index is 1.39. The largest absolute Gasteiger partial charge is 0.497 e. The van der Waals surface area contributed by atoms with Crippen LogP contribution in [0, 0.1) is 5.82 Å². The van der Waals surface area contributed by atoms with Gasteiger partial charge in [-0.15, -0.1) is 0 Å². The lowest BCUT2D eigenvalue weighted by molar-refractivity contribution is -0.139. The van der Waals surface area contributed by atoms with Gasteiger partial charge < -0.3 is 24.2 Å². The highest BCUT2D eigenvalue weighted by Crippen LogP contribution is 2.39. The number of hydrogen-bond donors (Lipinski definition) is 0. The fourth-order valence-corrected chi connectivity index (χ4v) is 5.53. The molecule has 0 N–H and O–H groups in total. The third-order valence-corrected chi connectivity index (χ3v) is 7.85. The zero-order chi connectivity index (χ0) is 26.9. The van der Waals surface area contributed by atoms with Gasteiger partial charge in [-0.05, 0) is 43.4 Å². The van der Waals surface area contributed by atoms with Crippen molar-refractivity contribution in [2.45, 2.75) is 24.6 Å². The van der Waals surface area contributed by atoms with E-state index in [0.29, 0.717) is 37.2 Å². The normalized spacial score (nSPS) is 21.6. The number of nitrogens with zero attached hydrogens (tertiary/aromatic N) is 4. The minimum absolute atomic E-state index is 0.0186. The predicted molar refractivity (Wildman–Crippen MR) is 137 cm³/mol. The van der Waals surface area contributed by atoms with Gasteiger partial charge in [-0.2, -0.15) is 0 Å². The first-order valence-corrected chi connectivity index (χ1v) is 13.0. The van der Waals surface area contributed by atoms with E-state index < -0.39 is 23.5 Å². The molecule has 1 spiro atoms. The Morgan fingerprint density at radius 3 is 2.18 bits per heavy atom. The molecule has 3 saturated heterocycles. The van der Waals surface area contributed by atoms with E-state index in [4.69, 9.17) is 9.47 Å². The first-order valence-electron chi connectivity index (χ1n) is 13.0. The summed E-state index contributed by atoms with van der Waals surface area (Å²) in [6, 6.07) is 11.9. The molecule has 0 radical (unpaired) electrons. The second-order valence-corrected chi connectivity index (χ2v) is 10.1. The summed E-state index contributed by atoms with van der Waals surface area (Å²) in [5, 5.41) is 0. The molecule has 5 rings (SSSR count). The molecule has 0 saturated carbocycles.